The lowest BCUT2D eigenvalue weighted by atomic mass is 9.99. The number of aryl methyl sites for hydroxylation is 2. The number of hydrogen-bond donors (Lipinski definition) is 0. The molecule has 0 aliphatic carbocycles. The lowest BCUT2D eigenvalue weighted by molar-refractivity contribution is -0.145. The van der Waals surface area contributed by atoms with Gasteiger partial charge in [-0.15, -0.1) is 0 Å². The molecule has 5 nitrogen and oxygen atoms in total. The smallest absolute Gasteiger partial charge is 0.310 e. The molecule has 0 N–H and O–H groups in total. The number of esters is 1. The number of ether oxygens (including phenoxy) is 1. The van der Waals surface area contributed by atoms with E-state index in [1.54, 1.807) is 0 Å². The summed E-state index contributed by atoms with van der Waals surface area (Å²) in [6.07, 6.45) is 0. The van der Waals surface area contributed by atoms with Crippen LogP contribution in [0.2, 0.25) is 0 Å². The van der Waals surface area contributed by atoms with Crippen molar-refractivity contribution in [3.63, 3.8) is 0 Å². The van der Waals surface area contributed by atoms with E-state index in [2.05, 4.69) is 21.8 Å². The van der Waals surface area contributed by atoms with E-state index in [0.29, 0.717) is 6.54 Å². The highest BCUT2D eigenvalue weighted by molar-refractivity contribution is 5.74. The van der Waals surface area contributed by atoms with Gasteiger partial charge in [-0.2, -0.15) is 0 Å². The second kappa shape index (κ2) is 4.92. The Bertz CT molecular complexity index is 441. The molecular weight excluding hydrogens is 230 g/mol. The van der Waals surface area contributed by atoms with E-state index in [9.17, 15) is 4.79 Å². The molecule has 2 atom stereocenters. The van der Waals surface area contributed by atoms with Crippen LogP contribution >= 0.6 is 0 Å². The Morgan fingerprint density at radius 1 is 1.39 bits per heavy atom. The maximum atomic E-state index is 11.7. The average Bonchev–Trinajstić information content (AvgIpc) is 2.69. The molecule has 1 fully saturated rings. The maximum Gasteiger partial charge on any atom is 0.310 e. The van der Waals surface area contributed by atoms with Crippen molar-refractivity contribution in [2.24, 2.45) is 11.8 Å². The van der Waals surface area contributed by atoms with Crippen LogP contribution in [-0.4, -0.2) is 36.1 Å². The van der Waals surface area contributed by atoms with Gasteiger partial charge in [0.05, 0.1) is 13.0 Å². The second-order valence-electron chi connectivity index (χ2n) is 4.93. The van der Waals surface area contributed by atoms with Gasteiger partial charge >= 0.3 is 5.97 Å². The van der Waals surface area contributed by atoms with Gasteiger partial charge in [0.15, 0.2) is 0 Å². The minimum absolute atomic E-state index is 0.0643. The molecule has 0 saturated carbocycles. The van der Waals surface area contributed by atoms with Crippen molar-refractivity contribution < 1.29 is 9.53 Å². The van der Waals surface area contributed by atoms with E-state index in [0.717, 1.165) is 23.9 Å². The molecule has 1 aromatic rings. The predicted molar refractivity (Wildman–Crippen MR) is 68.4 cm³/mol. The zero-order chi connectivity index (χ0) is 13.3. The number of rotatable bonds is 2. The van der Waals surface area contributed by atoms with E-state index in [4.69, 9.17) is 4.74 Å². The van der Waals surface area contributed by atoms with Gasteiger partial charge in [-0.05, 0) is 19.8 Å². The number of methoxy groups -OCH3 is 1. The first-order chi connectivity index (χ1) is 8.51. The zero-order valence-electron chi connectivity index (χ0n) is 11.3. The van der Waals surface area contributed by atoms with Gasteiger partial charge in [0.2, 0.25) is 0 Å². The van der Waals surface area contributed by atoms with E-state index in [1.165, 1.54) is 7.11 Å². The molecule has 0 aromatic carbocycles. The first kappa shape index (κ1) is 12.8. The molecule has 2 unspecified atom stereocenters. The molecule has 0 amide bonds. The van der Waals surface area contributed by atoms with Crippen LogP contribution in [-0.2, 0) is 9.53 Å². The summed E-state index contributed by atoms with van der Waals surface area (Å²) in [6.45, 7) is 7.41. The van der Waals surface area contributed by atoms with Gasteiger partial charge < -0.3 is 9.64 Å². The first-order valence-corrected chi connectivity index (χ1v) is 6.16. The Balaban J connectivity index is 2.19. The van der Waals surface area contributed by atoms with Crippen molar-refractivity contribution in [2.45, 2.75) is 20.8 Å². The summed E-state index contributed by atoms with van der Waals surface area (Å²) in [5, 5.41) is 0. The Kier molecular flexibility index (Phi) is 3.50. The van der Waals surface area contributed by atoms with Crippen LogP contribution in [0, 0.1) is 25.7 Å². The molecule has 18 heavy (non-hydrogen) atoms. The fraction of sp³-hybridized carbons (Fsp3) is 0.615. The van der Waals surface area contributed by atoms with Gasteiger partial charge in [-0.3, -0.25) is 4.79 Å². The Morgan fingerprint density at radius 2 is 2.11 bits per heavy atom. The van der Waals surface area contributed by atoms with Crippen LogP contribution in [0.15, 0.2) is 6.07 Å². The Labute approximate surface area is 107 Å². The molecule has 0 radical (unpaired) electrons. The molecule has 2 heterocycles. The van der Waals surface area contributed by atoms with Crippen molar-refractivity contribution >= 4 is 11.8 Å². The molecule has 0 spiro atoms. The van der Waals surface area contributed by atoms with E-state index >= 15 is 0 Å². The number of anilines is 1. The van der Waals surface area contributed by atoms with Crippen LogP contribution in [0.3, 0.4) is 0 Å². The zero-order valence-corrected chi connectivity index (χ0v) is 11.3. The highest BCUT2D eigenvalue weighted by Gasteiger charge is 2.36. The van der Waals surface area contributed by atoms with Crippen molar-refractivity contribution in [1.29, 1.82) is 0 Å². The number of nitrogens with zero attached hydrogens (tertiary/aromatic N) is 3. The van der Waals surface area contributed by atoms with Gasteiger partial charge in [0, 0.05) is 24.8 Å². The minimum Gasteiger partial charge on any atom is -0.469 e. The SMILES string of the molecule is COC(=O)C1CN(c2cc(C)nc(C)n2)CC1C. The van der Waals surface area contributed by atoms with Gasteiger partial charge in [0.1, 0.15) is 11.6 Å². The van der Waals surface area contributed by atoms with Crippen LogP contribution in [0.1, 0.15) is 18.4 Å². The Morgan fingerprint density at radius 3 is 2.72 bits per heavy atom. The number of carbonyl (C=O) groups excluding carboxylic acids is 1. The lowest BCUT2D eigenvalue weighted by Crippen LogP contribution is -2.25. The summed E-state index contributed by atoms with van der Waals surface area (Å²) in [5.74, 6) is 1.75. The van der Waals surface area contributed by atoms with E-state index < -0.39 is 0 Å². The fourth-order valence-electron chi connectivity index (χ4n) is 2.47. The second-order valence-corrected chi connectivity index (χ2v) is 4.93. The van der Waals surface area contributed by atoms with Crippen LogP contribution in [0.25, 0.3) is 0 Å². The van der Waals surface area contributed by atoms with Crippen LogP contribution in [0.5, 0.6) is 0 Å². The van der Waals surface area contributed by atoms with E-state index in [1.807, 2.05) is 19.9 Å². The van der Waals surface area contributed by atoms with Gasteiger partial charge in [-0.25, -0.2) is 9.97 Å². The highest BCUT2D eigenvalue weighted by Crippen LogP contribution is 2.28. The third-order valence-electron chi connectivity index (χ3n) is 3.39. The predicted octanol–water partition coefficient (Wildman–Crippen LogP) is 1.34. The van der Waals surface area contributed by atoms with Gasteiger partial charge in [-0.1, -0.05) is 6.92 Å². The summed E-state index contributed by atoms with van der Waals surface area (Å²) in [4.78, 5) is 22.5. The molecule has 1 aliphatic rings. The van der Waals surface area contributed by atoms with Crippen molar-refractivity contribution in [3.05, 3.63) is 17.6 Å². The summed E-state index contributed by atoms with van der Waals surface area (Å²) in [5.41, 5.74) is 0.951. The summed E-state index contributed by atoms with van der Waals surface area (Å²) in [7, 11) is 1.44. The van der Waals surface area contributed by atoms with Gasteiger partial charge in [0.25, 0.3) is 0 Å². The van der Waals surface area contributed by atoms with Crippen LogP contribution < -0.4 is 4.90 Å². The number of hydrogen-bond acceptors (Lipinski definition) is 5. The summed E-state index contributed by atoms with van der Waals surface area (Å²) >= 11 is 0. The summed E-state index contributed by atoms with van der Waals surface area (Å²) < 4.78 is 4.84. The maximum absolute atomic E-state index is 11.7. The van der Waals surface area contributed by atoms with Crippen molar-refractivity contribution in [2.75, 3.05) is 25.1 Å². The number of aromatic nitrogens is 2. The standard InChI is InChI=1S/C13H19N3O2/c1-8-6-16(7-11(8)13(17)18-4)12-5-9(2)14-10(3)15-12/h5,8,11H,6-7H2,1-4H3. The average molecular weight is 249 g/mol. The normalized spacial score (nSPS) is 23.2. The molecule has 0 bridgehead atoms. The van der Waals surface area contributed by atoms with E-state index in [-0.39, 0.29) is 17.8 Å². The van der Waals surface area contributed by atoms with Crippen LogP contribution in [0.4, 0.5) is 5.82 Å². The molecule has 1 aliphatic heterocycles. The lowest BCUT2D eigenvalue weighted by Gasteiger charge is -2.17. The monoisotopic (exact) mass is 249 g/mol. The molecule has 5 heteroatoms. The third kappa shape index (κ3) is 2.44. The highest BCUT2D eigenvalue weighted by atomic mass is 16.5. The molecule has 98 valence electrons. The number of carbonyl (C=O) groups is 1. The molecule has 1 saturated heterocycles. The minimum atomic E-state index is -0.132. The topological polar surface area (TPSA) is 55.3 Å². The van der Waals surface area contributed by atoms with Crippen molar-refractivity contribution in [1.82, 2.24) is 9.97 Å². The summed E-state index contributed by atoms with van der Waals surface area (Å²) in [6, 6.07) is 1.96. The fourth-order valence-corrected chi connectivity index (χ4v) is 2.47. The largest absolute Gasteiger partial charge is 0.469 e. The van der Waals surface area contributed by atoms with Crippen molar-refractivity contribution in [3.8, 4) is 0 Å². The molecular formula is C13H19N3O2. The first-order valence-electron chi connectivity index (χ1n) is 6.16. The Hall–Kier alpha value is -1.65. The molecule has 2 rings (SSSR count). The quantitative estimate of drug-likeness (QED) is 0.740. The third-order valence-corrected chi connectivity index (χ3v) is 3.39. The molecule has 1 aromatic heterocycles.